The largest absolute Gasteiger partial charge is 0.360 e. The molecule has 3 aromatic heterocycles. The molecule has 0 spiro atoms. The van der Waals surface area contributed by atoms with Gasteiger partial charge in [-0.05, 0) is 32.9 Å². The molecule has 1 N–H and O–H groups in total. The summed E-state index contributed by atoms with van der Waals surface area (Å²) in [6, 6.07) is 3.93. The highest BCUT2D eigenvalue weighted by Gasteiger charge is 2.11. The molecule has 0 saturated carbocycles. The van der Waals surface area contributed by atoms with Gasteiger partial charge >= 0.3 is 0 Å². The average molecular weight is 274 g/mol. The number of hydrogen-bond donors (Lipinski definition) is 1. The molecule has 0 aromatic carbocycles. The van der Waals surface area contributed by atoms with Gasteiger partial charge in [0.2, 0.25) is 0 Å². The van der Waals surface area contributed by atoms with Crippen LogP contribution in [-0.2, 0) is 0 Å². The van der Waals surface area contributed by atoms with E-state index < -0.39 is 0 Å². The first kappa shape index (κ1) is 12.0. The molecule has 3 rings (SSSR count). The highest BCUT2D eigenvalue weighted by Crippen LogP contribution is 2.21. The van der Waals surface area contributed by atoms with Gasteiger partial charge in [0.1, 0.15) is 10.8 Å². The molecule has 6 nitrogen and oxygen atoms in total. The third kappa shape index (κ3) is 2.28. The minimum absolute atomic E-state index is 0.125. The Labute approximate surface area is 114 Å². The van der Waals surface area contributed by atoms with Crippen LogP contribution in [0.2, 0.25) is 0 Å². The standard InChI is InChI=1S/C12H14N6S/c1-7-6-19-12(13-7)8(2)14-10-4-5-11-16-15-9(3)18(11)17-10/h4-6,8H,1-3H3,(H,14,17)/t8-/m0/s1. The molecule has 98 valence electrons. The second kappa shape index (κ2) is 4.58. The zero-order chi connectivity index (χ0) is 13.4. The van der Waals surface area contributed by atoms with Crippen molar-refractivity contribution in [2.45, 2.75) is 26.8 Å². The van der Waals surface area contributed by atoms with Gasteiger partial charge in [0.05, 0.1) is 6.04 Å². The predicted molar refractivity (Wildman–Crippen MR) is 74.4 cm³/mol. The van der Waals surface area contributed by atoms with E-state index in [1.165, 1.54) is 0 Å². The molecule has 1 atom stereocenters. The van der Waals surface area contributed by atoms with Crippen molar-refractivity contribution in [3.05, 3.63) is 34.0 Å². The van der Waals surface area contributed by atoms with Gasteiger partial charge in [-0.1, -0.05) is 0 Å². The Morgan fingerprint density at radius 1 is 1.26 bits per heavy atom. The fourth-order valence-corrected chi connectivity index (χ4v) is 2.63. The van der Waals surface area contributed by atoms with Crippen LogP contribution in [0.25, 0.3) is 5.65 Å². The minimum Gasteiger partial charge on any atom is -0.360 e. The number of anilines is 1. The molecule has 0 amide bonds. The number of aryl methyl sites for hydroxylation is 2. The summed E-state index contributed by atoms with van der Waals surface area (Å²) in [6.07, 6.45) is 0. The van der Waals surface area contributed by atoms with Crippen molar-refractivity contribution < 1.29 is 0 Å². The number of aromatic nitrogens is 5. The lowest BCUT2D eigenvalue weighted by atomic mass is 10.3. The second-order valence-electron chi connectivity index (χ2n) is 4.43. The monoisotopic (exact) mass is 274 g/mol. The topological polar surface area (TPSA) is 68.0 Å². The van der Waals surface area contributed by atoms with Crippen molar-refractivity contribution in [1.29, 1.82) is 0 Å². The molecule has 0 fully saturated rings. The van der Waals surface area contributed by atoms with Crippen LogP contribution in [0.4, 0.5) is 5.82 Å². The summed E-state index contributed by atoms with van der Waals surface area (Å²) in [5.41, 5.74) is 1.80. The quantitative estimate of drug-likeness (QED) is 0.794. The van der Waals surface area contributed by atoms with E-state index in [1.54, 1.807) is 15.9 Å². The van der Waals surface area contributed by atoms with Crippen molar-refractivity contribution >= 4 is 22.8 Å². The van der Waals surface area contributed by atoms with Gasteiger partial charge in [-0.25, -0.2) is 4.98 Å². The molecular formula is C12H14N6S. The molecule has 0 aliphatic heterocycles. The molecule has 0 bridgehead atoms. The van der Waals surface area contributed by atoms with E-state index in [0.717, 1.165) is 28.0 Å². The van der Waals surface area contributed by atoms with E-state index in [2.05, 4.69) is 32.5 Å². The highest BCUT2D eigenvalue weighted by molar-refractivity contribution is 7.09. The zero-order valence-corrected chi connectivity index (χ0v) is 11.8. The fourth-order valence-electron chi connectivity index (χ4n) is 1.83. The van der Waals surface area contributed by atoms with Crippen LogP contribution in [0, 0.1) is 13.8 Å². The minimum atomic E-state index is 0.125. The number of nitrogens with one attached hydrogen (secondary N) is 1. The Morgan fingerprint density at radius 3 is 2.84 bits per heavy atom. The van der Waals surface area contributed by atoms with Crippen molar-refractivity contribution in [2.75, 3.05) is 5.32 Å². The van der Waals surface area contributed by atoms with Crippen LogP contribution in [0.15, 0.2) is 17.5 Å². The number of hydrogen-bond acceptors (Lipinski definition) is 6. The molecule has 19 heavy (non-hydrogen) atoms. The van der Waals surface area contributed by atoms with Gasteiger partial charge < -0.3 is 5.32 Å². The summed E-state index contributed by atoms with van der Waals surface area (Å²) in [5.74, 6) is 1.56. The number of thiazole rings is 1. The third-order valence-corrected chi connectivity index (χ3v) is 3.94. The lowest BCUT2D eigenvalue weighted by molar-refractivity contribution is 0.820. The van der Waals surface area contributed by atoms with Crippen LogP contribution >= 0.6 is 11.3 Å². The maximum atomic E-state index is 4.47. The Bertz CT molecular complexity index is 716. The molecular weight excluding hydrogens is 260 g/mol. The second-order valence-corrected chi connectivity index (χ2v) is 5.32. The van der Waals surface area contributed by atoms with Gasteiger partial charge in [-0.3, -0.25) is 0 Å². The van der Waals surface area contributed by atoms with Gasteiger partial charge in [0, 0.05) is 11.1 Å². The summed E-state index contributed by atoms with van der Waals surface area (Å²) in [5, 5.41) is 18.9. The van der Waals surface area contributed by atoms with E-state index in [4.69, 9.17) is 0 Å². The zero-order valence-electron chi connectivity index (χ0n) is 11.0. The average Bonchev–Trinajstić information content (AvgIpc) is 2.97. The Kier molecular flexibility index (Phi) is 2.90. The first-order valence-corrected chi connectivity index (χ1v) is 6.89. The summed E-state index contributed by atoms with van der Waals surface area (Å²) >= 11 is 1.65. The molecule has 3 heterocycles. The van der Waals surface area contributed by atoms with E-state index >= 15 is 0 Å². The van der Waals surface area contributed by atoms with E-state index in [9.17, 15) is 0 Å². The van der Waals surface area contributed by atoms with Crippen LogP contribution in [0.1, 0.15) is 29.5 Å². The molecule has 0 radical (unpaired) electrons. The molecule has 0 aliphatic carbocycles. The highest BCUT2D eigenvalue weighted by atomic mass is 32.1. The Balaban J connectivity index is 1.86. The van der Waals surface area contributed by atoms with Crippen LogP contribution in [-0.4, -0.2) is 24.8 Å². The number of nitrogens with zero attached hydrogens (tertiary/aromatic N) is 5. The summed E-state index contributed by atoms with van der Waals surface area (Å²) < 4.78 is 1.72. The number of rotatable bonds is 3. The van der Waals surface area contributed by atoms with Crippen molar-refractivity contribution in [3.8, 4) is 0 Å². The lowest BCUT2D eigenvalue weighted by Gasteiger charge is -2.11. The smallest absolute Gasteiger partial charge is 0.178 e. The Morgan fingerprint density at radius 2 is 2.11 bits per heavy atom. The van der Waals surface area contributed by atoms with Crippen LogP contribution < -0.4 is 5.32 Å². The SMILES string of the molecule is Cc1csc([C@H](C)Nc2ccc3nnc(C)n3n2)n1. The molecule has 0 unspecified atom stereocenters. The van der Waals surface area contributed by atoms with E-state index in [1.807, 2.05) is 31.4 Å². The molecule has 0 saturated heterocycles. The van der Waals surface area contributed by atoms with Gasteiger partial charge in [0.25, 0.3) is 0 Å². The van der Waals surface area contributed by atoms with Crippen molar-refractivity contribution in [2.24, 2.45) is 0 Å². The van der Waals surface area contributed by atoms with Gasteiger partial charge in [-0.15, -0.1) is 26.6 Å². The van der Waals surface area contributed by atoms with E-state index in [-0.39, 0.29) is 6.04 Å². The fraction of sp³-hybridized carbons (Fsp3) is 0.333. The van der Waals surface area contributed by atoms with Crippen molar-refractivity contribution in [3.63, 3.8) is 0 Å². The van der Waals surface area contributed by atoms with E-state index in [0.29, 0.717) is 0 Å². The Hall–Kier alpha value is -2.02. The molecule has 3 aromatic rings. The molecule has 0 aliphatic rings. The summed E-state index contributed by atoms with van der Waals surface area (Å²) in [7, 11) is 0. The summed E-state index contributed by atoms with van der Waals surface area (Å²) in [6.45, 7) is 5.95. The molecule has 7 heteroatoms. The van der Waals surface area contributed by atoms with Gasteiger partial charge in [0.15, 0.2) is 11.5 Å². The first-order valence-electron chi connectivity index (χ1n) is 6.01. The van der Waals surface area contributed by atoms with Crippen LogP contribution in [0.5, 0.6) is 0 Å². The maximum absolute atomic E-state index is 4.47. The van der Waals surface area contributed by atoms with Crippen LogP contribution in [0.3, 0.4) is 0 Å². The number of fused-ring (bicyclic) bond motifs is 1. The maximum Gasteiger partial charge on any atom is 0.178 e. The predicted octanol–water partition coefficient (Wildman–Crippen LogP) is 2.37. The normalized spacial score (nSPS) is 12.8. The summed E-state index contributed by atoms with van der Waals surface area (Å²) in [4.78, 5) is 4.47. The third-order valence-electron chi connectivity index (χ3n) is 2.79. The van der Waals surface area contributed by atoms with Crippen molar-refractivity contribution in [1.82, 2.24) is 24.8 Å². The lowest BCUT2D eigenvalue weighted by Crippen LogP contribution is -2.09. The first-order chi connectivity index (χ1) is 9.13. The van der Waals surface area contributed by atoms with Gasteiger partial charge in [-0.2, -0.15) is 4.52 Å².